The molecule has 1 aliphatic rings. The average Bonchev–Trinajstić information content (AvgIpc) is 2.63. The number of halogens is 2. The Balaban J connectivity index is 2.30. The van der Waals surface area contributed by atoms with Crippen molar-refractivity contribution >= 4 is 5.78 Å². The molecule has 0 spiro atoms. The summed E-state index contributed by atoms with van der Waals surface area (Å²) in [5.74, 6) is -3.95. The number of aliphatic hydroxyl groups is 3. The maximum Gasteiger partial charge on any atom is 0.239 e. The van der Waals surface area contributed by atoms with Gasteiger partial charge in [0.05, 0.1) is 12.7 Å². The molecule has 0 aromatic heterocycles. The summed E-state index contributed by atoms with van der Waals surface area (Å²) in [6.07, 6.45) is -6.93. The molecule has 1 heterocycles. The molecule has 27 heavy (non-hydrogen) atoms. The van der Waals surface area contributed by atoms with E-state index in [9.17, 15) is 23.8 Å². The van der Waals surface area contributed by atoms with Gasteiger partial charge in [-0.2, -0.15) is 0 Å². The fraction of sp³-hybridized carbons (Fsp3) is 0.632. The van der Waals surface area contributed by atoms with Crippen molar-refractivity contribution in [1.82, 2.24) is 5.32 Å². The predicted octanol–water partition coefficient (Wildman–Crippen LogP) is 0.877. The first-order valence-electron chi connectivity index (χ1n) is 8.92. The molecule has 152 valence electrons. The molecule has 1 fully saturated rings. The smallest absolute Gasteiger partial charge is 0.239 e. The maximum atomic E-state index is 14.9. The van der Waals surface area contributed by atoms with Crippen molar-refractivity contribution in [3.05, 3.63) is 35.9 Å². The fourth-order valence-corrected chi connectivity index (χ4v) is 3.47. The quantitative estimate of drug-likeness (QED) is 0.529. The zero-order chi connectivity index (χ0) is 20.2. The van der Waals surface area contributed by atoms with Gasteiger partial charge in [0.2, 0.25) is 5.85 Å². The van der Waals surface area contributed by atoms with Gasteiger partial charge in [0, 0.05) is 24.9 Å². The van der Waals surface area contributed by atoms with E-state index in [1.807, 2.05) is 30.3 Å². The van der Waals surface area contributed by atoms with Crippen LogP contribution in [-0.4, -0.2) is 64.1 Å². The summed E-state index contributed by atoms with van der Waals surface area (Å²) in [5.41, 5.74) is 0.839. The SMILES string of the molecule is CC(=O)C[C@H]1C([C@H](O)[C@H](O)CO)O[C@](C)(F)C(F)[C@H]1NCc1ccccc1. The van der Waals surface area contributed by atoms with E-state index < -0.39 is 48.9 Å². The third-order valence-electron chi connectivity index (χ3n) is 4.88. The second-order valence-corrected chi connectivity index (χ2v) is 7.17. The minimum Gasteiger partial charge on any atom is -0.394 e. The molecular weight excluding hydrogens is 360 g/mol. The van der Waals surface area contributed by atoms with Gasteiger partial charge in [0.15, 0.2) is 6.17 Å². The second-order valence-electron chi connectivity index (χ2n) is 7.17. The number of aliphatic hydroxyl groups excluding tert-OH is 3. The Morgan fingerprint density at radius 1 is 1.33 bits per heavy atom. The number of hydrogen-bond donors (Lipinski definition) is 4. The van der Waals surface area contributed by atoms with E-state index >= 15 is 0 Å². The van der Waals surface area contributed by atoms with Gasteiger partial charge in [-0.25, -0.2) is 8.78 Å². The highest BCUT2D eigenvalue weighted by molar-refractivity contribution is 5.76. The van der Waals surface area contributed by atoms with Crippen LogP contribution in [-0.2, 0) is 16.1 Å². The lowest BCUT2D eigenvalue weighted by molar-refractivity contribution is -0.284. The third kappa shape index (κ3) is 5.30. The number of benzene rings is 1. The van der Waals surface area contributed by atoms with Gasteiger partial charge in [-0.1, -0.05) is 30.3 Å². The molecule has 7 atom stereocenters. The van der Waals surface area contributed by atoms with E-state index in [0.29, 0.717) is 0 Å². The van der Waals surface area contributed by atoms with Crippen LogP contribution >= 0.6 is 0 Å². The van der Waals surface area contributed by atoms with Crippen LogP contribution in [0.2, 0.25) is 0 Å². The summed E-state index contributed by atoms with van der Waals surface area (Å²) < 4.78 is 34.7. The number of ketones is 1. The van der Waals surface area contributed by atoms with Crippen molar-refractivity contribution in [2.45, 2.75) is 63.2 Å². The molecule has 1 aromatic carbocycles. The van der Waals surface area contributed by atoms with Crippen molar-refractivity contribution in [3.8, 4) is 0 Å². The van der Waals surface area contributed by atoms with Crippen LogP contribution in [0.5, 0.6) is 0 Å². The third-order valence-corrected chi connectivity index (χ3v) is 4.88. The Morgan fingerprint density at radius 3 is 2.52 bits per heavy atom. The van der Waals surface area contributed by atoms with Crippen LogP contribution in [0.1, 0.15) is 25.8 Å². The zero-order valence-electron chi connectivity index (χ0n) is 15.4. The van der Waals surface area contributed by atoms with E-state index in [1.54, 1.807) is 0 Å². The monoisotopic (exact) mass is 387 g/mol. The molecule has 4 N–H and O–H groups in total. The van der Waals surface area contributed by atoms with Gasteiger partial charge in [-0.3, -0.25) is 0 Å². The van der Waals surface area contributed by atoms with Gasteiger partial charge in [-0.05, 0) is 19.4 Å². The van der Waals surface area contributed by atoms with Crippen molar-refractivity contribution in [2.75, 3.05) is 6.61 Å². The normalized spacial score (nSPS) is 33.4. The van der Waals surface area contributed by atoms with Crippen LogP contribution in [0.15, 0.2) is 30.3 Å². The Labute approximate surface area is 157 Å². The minimum atomic E-state index is -2.73. The summed E-state index contributed by atoms with van der Waals surface area (Å²) in [6, 6.07) is 7.94. The van der Waals surface area contributed by atoms with Crippen molar-refractivity contribution < 1.29 is 33.6 Å². The number of ether oxygens (including phenoxy) is 1. The average molecular weight is 387 g/mol. The number of alkyl halides is 2. The van der Waals surface area contributed by atoms with Gasteiger partial charge in [0.25, 0.3) is 0 Å². The van der Waals surface area contributed by atoms with Crippen molar-refractivity contribution in [2.24, 2.45) is 5.92 Å². The lowest BCUT2D eigenvalue weighted by atomic mass is 9.78. The number of Topliss-reactive ketones (excluding diaryl/α,β-unsaturated/α-hetero) is 1. The van der Waals surface area contributed by atoms with Crippen molar-refractivity contribution in [1.29, 1.82) is 0 Å². The van der Waals surface area contributed by atoms with Gasteiger partial charge >= 0.3 is 0 Å². The number of carbonyl (C=O) groups excluding carboxylic acids is 1. The Morgan fingerprint density at radius 2 is 1.96 bits per heavy atom. The molecule has 0 amide bonds. The molecule has 1 aromatic rings. The largest absolute Gasteiger partial charge is 0.394 e. The lowest BCUT2D eigenvalue weighted by Crippen LogP contribution is -2.65. The van der Waals surface area contributed by atoms with E-state index in [2.05, 4.69) is 5.32 Å². The van der Waals surface area contributed by atoms with Crippen molar-refractivity contribution in [3.63, 3.8) is 0 Å². The molecule has 0 radical (unpaired) electrons. The Bertz CT molecular complexity index is 615. The van der Waals surface area contributed by atoms with Crippen LogP contribution in [0.25, 0.3) is 0 Å². The Hall–Kier alpha value is -1.45. The standard InChI is InChI=1S/C19H27F2NO5/c1-11(24)8-13-15(22-9-12-6-4-3-5-7-12)18(20)19(2,21)27-17(13)16(26)14(25)10-23/h3-7,13-18,22-23,25-26H,8-10H2,1-2H3/t13-,14-,15+,16-,17?,18?,19+/m1/s1. The number of hydrogen-bond acceptors (Lipinski definition) is 6. The van der Waals surface area contributed by atoms with Gasteiger partial charge in [0.1, 0.15) is 18.0 Å². The van der Waals surface area contributed by atoms with E-state index in [0.717, 1.165) is 12.5 Å². The molecule has 8 heteroatoms. The molecule has 1 saturated heterocycles. The lowest BCUT2D eigenvalue weighted by Gasteiger charge is -2.48. The molecule has 2 rings (SSSR count). The number of carbonyl (C=O) groups is 1. The summed E-state index contributed by atoms with van der Waals surface area (Å²) in [7, 11) is 0. The van der Waals surface area contributed by atoms with Crippen LogP contribution in [0.3, 0.4) is 0 Å². The van der Waals surface area contributed by atoms with E-state index in [-0.39, 0.29) is 18.7 Å². The molecule has 0 bridgehead atoms. The molecule has 0 aliphatic carbocycles. The summed E-state index contributed by atoms with van der Waals surface area (Å²) in [6.45, 7) is 1.65. The predicted molar refractivity (Wildman–Crippen MR) is 94.2 cm³/mol. The molecule has 2 unspecified atom stereocenters. The van der Waals surface area contributed by atoms with Gasteiger partial charge in [-0.15, -0.1) is 0 Å². The van der Waals surface area contributed by atoms with E-state index in [1.165, 1.54) is 6.92 Å². The van der Waals surface area contributed by atoms with Crippen LogP contribution in [0, 0.1) is 5.92 Å². The Kier molecular flexibility index (Phi) is 7.41. The number of rotatable bonds is 8. The highest BCUT2D eigenvalue weighted by Crippen LogP contribution is 2.39. The fourth-order valence-electron chi connectivity index (χ4n) is 3.47. The molecule has 0 saturated carbocycles. The molecule has 1 aliphatic heterocycles. The number of nitrogens with one attached hydrogen (secondary N) is 1. The maximum absolute atomic E-state index is 14.9. The first-order chi connectivity index (χ1) is 12.7. The zero-order valence-corrected chi connectivity index (χ0v) is 15.4. The van der Waals surface area contributed by atoms with Crippen LogP contribution < -0.4 is 5.32 Å². The molecule has 6 nitrogen and oxygen atoms in total. The van der Waals surface area contributed by atoms with Crippen LogP contribution in [0.4, 0.5) is 8.78 Å². The summed E-state index contributed by atoms with van der Waals surface area (Å²) >= 11 is 0. The highest BCUT2D eigenvalue weighted by Gasteiger charge is 2.55. The van der Waals surface area contributed by atoms with E-state index in [4.69, 9.17) is 9.84 Å². The molecular formula is C19H27F2NO5. The van der Waals surface area contributed by atoms with Gasteiger partial charge < -0.3 is 30.2 Å². The highest BCUT2D eigenvalue weighted by atomic mass is 19.2. The second kappa shape index (κ2) is 9.16. The first kappa shape index (κ1) is 21.8. The minimum absolute atomic E-state index is 0.178. The summed E-state index contributed by atoms with van der Waals surface area (Å²) in [5, 5.41) is 32.1. The first-order valence-corrected chi connectivity index (χ1v) is 8.92. The summed E-state index contributed by atoms with van der Waals surface area (Å²) in [4.78, 5) is 11.7. The topological polar surface area (TPSA) is 99.0 Å².